The maximum absolute atomic E-state index is 12.3. The Labute approximate surface area is 132 Å². The van der Waals surface area contributed by atoms with E-state index in [0.29, 0.717) is 6.54 Å². The van der Waals surface area contributed by atoms with Gasteiger partial charge in [0.2, 0.25) is 11.8 Å². The summed E-state index contributed by atoms with van der Waals surface area (Å²) in [7, 11) is 0. The Bertz CT molecular complexity index is 381. The van der Waals surface area contributed by atoms with Crippen LogP contribution in [-0.4, -0.2) is 48.9 Å². The van der Waals surface area contributed by atoms with E-state index in [4.69, 9.17) is 0 Å². The van der Waals surface area contributed by atoms with E-state index in [9.17, 15) is 9.59 Å². The number of halogens is 1. The van der Waals surface area contributed by atoms with Crippen molar-refractivity contribution in [1.82, 2.24) is 15.5 Å². The standard InChI is InChI=1S/C15H25N3O2.ClH/c19-14(17-13-4-1-7-16-9-13)12-3-2-8-18(10-12)15(20)11-5-6-11;/h11-13,16H,1-10H2,(H,17,19);1H. The van der Waals surface area contributed by atoms with Crippen molar-refractivity contribution in [2.75, 3.05) is 26.2 Å². The van der Waals surface area contributed by atoms with Gasteiger partial charge in [0.25, 0.3) is 0 Å². The summed E-state index contributed by atoms with van der Waals surface area (Å²) in [6, 6.07) is 0.269. The molecule has 2 N–H and O–H groups in total. The number of hydrogen-bond donors (Lipinski definition) is 2. The summed E-state index contributed by atoms with van der Waals surface area (Å²) < 4.78 is 0. The zero-order valence-electron chi connectivity index (χ0n) is 12.5. The van der Waals surface area contributed by atoms with Gasteiger partial charge in [-0.1, -0.05) is 0 Å². The molecule has 3 aliphatic rings. The smallest absolute Gasteiger partial charge is 0.225 e. The second-order valence-corrected chi connectivity index (χ2v) is 6.45. The van der Waals surface area contributed by atoms with Gasteiger partial charge in [-0.15, -0.1) is 12.4 Å². The molecule has 2 saturated heterocycles. The fraction of sp³-hybridized carbons (Fsp3) is 0.867. The summed E-state index contributed by atoms with van der Waals surface area (Å²) in [5.74, 6) is 0.682. The lowest BCUT2D eigenvalue weighted by Crippen LogP contribution is -2.51. The number of likely N-dealkylation sites (tertiary alicyclic amines) is 1. The number of nitrogens with one attached hydrogen (secondary N) is 2. The van der Waals surface area contributed by atoms with Crippen LogP contribution in [0.1, 0.15) is 38.5 Å². The Kier molecular flexibility index (Phi) is 5.88. The van der Waals surface area contributed by atoms with Gasteiger partial charge in [-0.05, 0) is 45.1 Å². The van der Waals surface area contributed by atoms with Crippen molar-refractivity contribution < 1.29 is 9.59 Å². The second-order valence-electron chi connectivity index (χ2n) is 6.45. The minimum Gasteiger partial charge on any atom is -0.352 e. The molecule has 2 aliphatic heterocycles. The minimum atomic E-state index is -0.00613. The molecule has 0 aromatic carbocycles. The van der Waals surface area contributed by atoms with Gasteiger partial charge in [0.1, 0.15) is 0 Å². The van der Waals surface area contributed by atoms with Crippen LogP contribution in [0, 0.1) is 11.8 Å². The largest absolute Gasteiger partial charge is 0.352 e. The molecule has 0 aromatic rings. The molecule has 2 unspecified atom stereocenters. The summed E-state index contributed by atoms with van der Waals surface area (Å²) in [6.07, 6.45) is 6.15. The van der Waals surface area contributed by atoms with E-state index in [-0.39, 0.29) is 42.1 Å². The average molecular weight is 316 g/mol. The molecule has 2 amide bonds. The van der Waals surface area contributed by atoms with Gasteiger partial charge in [0, 0.05) is 31.6 Å². The molecule has 120 valence electrons. The first-order valence-corrected chi connectivity index (χ1v) is 8.04. The minimum absolute atomic E-state index is 0. The first-order valence-electron chi connectivity index (χ1n) is 8.04. The van der Waals surface area contributed by atoms with Gasteiger partial charge >= 0.3 is 0 Å². The summed E-state index contributed by atoms with van der Waals surface area (Å²) in [6.45, 7) is 3.40. The molecule has 5 nitrogen and oxygen atoms in total. The summed E-state index contributed by atoms with van der Waals surface area (Å²) in [4.78, 5) is 26.4. The van der Waals surface area contributed by atoms with E-state index in [0.717, 1.165) is 58.2 Å². The number of carbonyl (C=O) groups excluding carboxylic acids is 2. The number of piperidine rings is 2. The van der Waals surface area contributed by atoms with E-state index in [1.807, 2.05) is 4.90 Å². The lowest BCUT2D eigenvalue weighted by Gasteiger charge is -2.33. The summed E-state index contributed by atoms with van der Waals surface area (Å²) in [5, 5.41) is 6.47. The van der Waals surface area contributed by atoms with Gasteiger partial charge in [-0.25, -0.2) is 0 Å². The van der Waals surface area contributed by atoms with Crippen LogP contribution >= 0.6 is 12.4 Å². The molecule has 1 saturated carbocycles. The van der Waals surface area contributed by atoms with Gasteiger partial charge in [-0.2, -0.15) is 0 Å². The van der Waals surface area contributed by atoms with Crippen LogP contribution in [0.25, 0.3) is 0 Å². The van der Waals surface area contributed by atoms with Crippen LogP contribution in [0.5, 0.6) is 0 Å². The van der Waals surface area contributed by atoms with E-state index >= 15 is 0 Å². The predicted octanol–water partition coefficient (Wildman–Crippen LogP) is 0.925. The van der Waals surface area contributed by atoms with E-state index < -0.39 is 0 Å². The summed E-state index contributed by atoms with van der Waals surface area (Å²) in [5.41, 5.74) is 0. The maximum Gasteiger partial charge on any atom is 0.225 e. The van der Waals surface area contributed by atoms with Crippen molar-refractivity contribution in [2.45, 2.75) is 44.6 Å². The molecular weight excluding hydrogens is 290 g/mol. The number of amides is 2. The van der Waals surface area contributed by atoms with E-state index in [1.54, 1.807) is 0 Å². The van der Waals surface area contributed by atoms with E-state index in [1.165, 1.54) is 0 Å². The lowest BCUT2D eigenvalue weighted by atomic mass is 9.95. The zero-order chi connectivity index (χ0) is 13.9. The third-order valence-corrected chi connectivity index (χ3v) is 4.67. The zero-order valence-corrected chi connectivity index (χ0v) is 13.3. The second kappa shape index (κ2) is 7.45. The van der Waals surface area contributed by atoms with E-state index in [2.05, 4.69) is 10.6 Å². The molecule has 1 aliphatic carbocycles. The Hall–Kier alpha value is -0.810. The third-order valence-electron chi connectivity index (χ3n) is 4.67. The third kappa shape index (κ3) is 4.33. The first kappa shape index (κ1) is 16.6. The average Bonchev–Trinajstić information content (AvgIpc) is 3.32. The fourth-order valence-corrected chi connectivity index (χ4v) is 3.27. The normalized spacial score (nSPS) is 29.4. The van der Waals surface area contributed by atoms with Crippen LogP contribution in [0.3, 0.4) is 0 Å². The van der Waals surface area contributed by atoms with Crippen LogP contribution in [0.4, 0.5) is 0 Å². The van der Waals surface area contributed by atoms with Gasteiger partial charge in [-0.3, -0.25) is 9.59 Å². The highest BCUT2D eigenvalue weighted by molar-refractivity contribution is 5.85. The highest BCUT2D eigenvalue weighted by atomic mass is 35.5. The Morgan fingerprint density at radius 3 is 2.52 bits per heavy atom. The number of rotatable bonds is 3. The van der Waals surface area contributed by atoms with Crippen molar-refractivity contribution in [3.05, 3.63) is 0 Å². The predicted molar refractivity (Wildman–Crippen MR) is 83.3 cm³/mol. The molecule has 6 heteroatoms. The molecule has 2 heterocycles. The van der Waals surface area contributed by atoms with Crippen molar-refractivity contribution in [2.24, 2.45) is 11.8 Å². The molecular formula is C15H26ClN3O2. The molecule has 3 rings (SSSR count). The number of hydrogen-bond acceptors (Lipinski definition) is 3. The molecule has 3 fully saturated rings. The summed E-state index contributed by atoms with van der Waals surface area (Å²) >= 11 is 0. The molecule has 21 heavy (non-hydrogen) atoms. The fourth-order valence-electron chi connectivity index (χ4n) is 3.27. The highest BCUT2D eigenvalue weighted by Gasteiger charge is 2.36. The van der Waals surface area contributed by atoms with Gasteiger partial charge < -0.3 is 15.5 Å². The topological polar surface area (TPSA) is 61.4 Å². The Morgan fingerprint density at radius 2 is 1.86 bits per heavy atom. The number of carbonyl (C=O) groups is 2. The van der Waals surface area contributed by atoms with Crippen molar-refractivity contribution >= 4 is 24.2 Å². The van der Waals surface area contributed by atoms with Crippen LogP contribution in [-0.2, 0) is 9.59 Å². The molecule has 0 radical (unpaired) electrons. The molecule has 0 aromatic heterocycles. The van der Waals surface area contributed by atoms with Crippen LogP contribution in [0.2, 0.25) is 0 Å². The van der Waals surface area contributed by atoms with Crippen molar-refractivity contribution in [3.63, 3.8) is 0 Å². The maximum atomic E-state index is 12.3. The Morgan fingerprint density at radius 1 is 1.05 bits per heavy atom. The quantitative estimate of drug-likeness (QED) is 0.814. The van der Waals surface area contributed by atoms with Gasteiger partial charge in [0.05, 0.1) is 5.92 Å². The van der Waals surface area contributed by atoms with Crippen LogP contribution < -0.4 is 10.6 Å². The van der Waals surface area contributed by atoms with Crippen molar-refractivity contribution in [3.8, 4) is 0 Å². The molecule has 0 bridgehead atoms. The Balaban J connectivity index is 0.00000161. The SMILES string of the molecule is Cl.O=C(NC1CCCNC1)C1CCCN(C(=O)C2CC2)C1. The molecule has 2 atom stereocenters. The van der Waals surface area contributed by atoms with Gasteiger partial charge in [0.15, 0.2) is 0 Å². The number of nitrogens with zero attached hydrogens (tertiary/aromatic N) is 1. The molecule has 0 spiro atoms. The lowest BCUT2D eigenvalue weighted by molar-refractivity contribution is -0.137. The first-order chi connectivity index (χ1) is 9.74. The van der Waals surface area contributed by atoms with Crippen molar-refractivity contribution in [1.29, 1.82) is 0 Å². The van der Waals surface area contributed by atoms with Crippen LogP contribution in [0.15, 0.2) is 0 Å². The monoisotopic (exact) mass is 315 g/mol. The highest BCUT2D eigenvalue weighted by Crippen LogP contribution is 2.32.